The van der Waals surface area contributed by atoms with Gasteiger partial charge < -0.3 is 20.3 Å². The summed E-state index contributed by atoms with van der Waals surface area (Å²) in [6.45, 7) is 10.6. The van der Waals surface area contributed by atoms with E-state index in [1.807, 2.05) is 32.9 Å². The number of hydrogen-bond donors (Lipinski definition) is 4. The van der Waals surface area contributed by atoms with Crippen LogP contribution in [0.5, 0.6) is 0 Å². The molecule has 1 aliphatic rings. The van der Waals surface area contributed by atoms with Gasteiger partial charge in [0.1, 0.15) is 5.71 Å². The predicted octanol–water partition coefficient (Wildman–Crippen LogP) is 1.57. The summed E-state index contributed by atoms with van der Waals surface area (Å²) in [4.78, 5) is 2.31. The standard InChI is InChI=1S/C19H29N7OS2/c1-4-20-18(28)24-22-14(3)17(23-25-19(29)21-5-2)15-6-8-16(9-7-15)26-10-12-27-13-11-26/h6-9H,4-5,10-13H2,1-3H3,(H2,20,24,28)(H2,21,25,29)/b22-14-,23-17-. The van der Waals surface area contributed by atoms with E-state index < -0.39 is 0 Å². The fraction of sp³-hybridized carbons (Fsp3) is 0.474. The number of morpholine rings is 1. The van der Waals surface area contributed by atoms with Crippen molar-refractivity contribution in [2.75, 3.05) is 44.3 Å². The maximum atomic E-state index is 5.43. The lowest BCUT2D eigenvalue weighted by atomic mass is 10.1. The monoisotopic (exact) mass is 435 g/mol. The Bertz CT molecular complexity index is 743. The van der Waals surface area contributed by atoms with Gasteiger partial charge in [0.05, 0.1) is 18.9 Å². The van der Waals surface area contributed by atoms with Crippen LogP contribution < -0.4 is 26.4 Å². The minimum atomic E-state index is 0.457. The molecule has 8 nitrogen and oxygen atoms in total. The maximum absolute atomic E-state index is 5.43. The highest BCUT2D eigenvalue weighted by molar-refractivity contribution is 7.80. The van der Waals surface area contributed by atoms with Crippen molar-refractivity contribution in [2.45, 2.75) is 20.8 Å². The summed E-state index contributed by atoms with van der Waals surface area (Å²) < 4.78 is 5.43. The second-order valence-corrected chi connectivity index (χ2v) is 7.06. The molecule has 0 aromatic heterocycles. The molecule has 0 saturated carbocycles. The third-order valence-electron chi connectivity index (χ3n) is 4.13. The fourth-order valence-electron chi connectivity index (χ4n) is 2.70. The molecule has 0 bridgehead atoms. The molecule has 0 spiro atoms. The number of nitrogens with one attached hydrogen (secondary N) is 4. The quantitative estimate of drug-likeness (QED) is 0.292. The SMILES string of the molecule is CCNC(=S)N/N=C(C)\C(=N\NC(=S)NCC)c1ccc(N2CCOCC2)cc1. The molecule has 0 amide bonds. The van der Waals surface area contributed by atoms with Crippen LogP contribution in [0.1, 0.15) is 26.3 Å². The molecule has 1 saturated heterocycles. The number of anilines is 1. The van der Waals surface area contributed by atoms with E-state index in [2.05, 4.69) is 48.7 Å². The first-order chi connectivity index (χ1) is 14.0. The maximum Gasteiger partial charge on any atom is 0.186 e. The van der Waals surface area contributed by atoms with Gasteiger partial charge in [0.25, 0.3) is 0 Å². The number of rotatable bonds is 7. The van der Waals surface area contributed by atoms with Crippen molar-refractivity contribution >= 4 is 51.8 Å². The van der Waals surface area contributed by atoms with Crippen LogP contribution in [0.3, 0.4) is 0 Å². The van der Waals surface area contributed by atoms with Crippen LogP contribution in [0, 0.1) is 0 Å². The lowest BCUT2D eigenvalue weighted by Gasteiger charge is -2.29. The molecule has 4 N–H and O–H groups in total. The van der Waals surface area contributed by atoms with Crippen LogP contribution in [0.15, 0.2) is 34.5 Å². The van der Waals surface area contributed by atoms with Crippen molar-refractivity contribution in [2.24, 2.45) is 10.2 Å². The van der Waals surface area contributed by atoms with Gasteiger partial charge in [0.15, 0.2) is 10.2 Å². The molecule has 0 unspecified atom stereocenters. The van der Waals surface area contributed by atoms with E-state index in [-0.39, 0.29) is 0 Å². The Morgan fingerprint density at radius 1 is 0.966 bits per heavy atom. The molecule has 1 fully saturated rings. The average Bonchev–Trinajstić information content (AvgIpc) is 2.74. The Balaban J connectivity index is 2.21. The van der Waals surface area contributed by atoms with Crippen molar-refractivity contribution in [3.8, 4) is 0 Å². The normalized spacial score (nSPS) is 14.9. The summed E-state index contributed by atoms with van der Waals surface area (Å²) in [5.74, 6) is 0. The molecule has 158 valence electrons. The minimum absolute atomic E-state index is 0.457. The first kappa shape index (κ1) is 23.0. The van der Waals surface area contributed by atoms with E-state index in [4.69, 9.17) is 29.2 Å². The third kappa shape index (κ3) is 7.56. The van der Waals surface area contributed by atoms with Crippen LogP contribution in [0.25, 0.3) is 0 Å². The van der Waals surface area contributed by atoms with Gasteiger partial charge in [-0.3, -0.25) is 10.9 Å². The summed E-state index contributed by atoms with van der Waals surface area (Å²) >= 11 is 10.4. The van der Waals surface area contributed by atoms with Crippen molar-refractivity contribution in [3.63, 3.8) is 0 Å². The Hall–Kier alpha value is -2.30. The molecule has 1 aliphatic heterocycles. The summed E-state index contributed by atoms with van der Waals surface area (Å²) in [6.07, 6.45) is 0. The summed E-state index contributed by atoms with van der Waals surface area (Å²) in [7, 11) is 0. The van der Waals surface area contributed by atoms with Gasteiger partial charge in [0, 0.05) is 37.4 Å². The molecular formula is C19H29N7OS2. The Kier molecular flexibility index (Phi) is 9.75. The van der Waals surface area contributed by atoms with Gasteiger partial charge in [0.2, 0.25) is 0 Å². The smallest absolute Gasteiger partial charge is 0.186 e. The number of nitrogens with zero attached hydrogens (tertiary/aromatic N) is 3. The molecule has 0 atom stereocenters. The zero-order valence-electron chi connectivity index (χ0n) is 17.1. The van der Waals surface area contributed by atoms with Gasteiger partial charge in [-0.2, -0.15) is 10.2 Å². The van der Waals surface area contributed by atoms with Gasteiger partial charge in [-0.05, 0) is 57.3 Å². The minimum Gasteiger partial charge on any atom is -0.378 e. The zero-order chi connectivity index (χ0) is 21.1. The van der Waals surface area contributed by atoms with E-state index in [9.17, 15) is 0 Å². The highest BCUT2D eigenvalue weighted by Gasteiger charge is 2.13. The van der Waals surface area contributed by atoms with Crippen LogP contribution in [0.4, 0.5) is 5.69 Å². The van der Waals surface area contributed by atoms with Gasteiger partial charge in [-0.15, -0.1) is 0 Å². The first-order valence-corrected chi connectivity index (χ1v) is 10.5. The first-order valence-electron chi connectivity index (χ1n) is 9.68. The molecular weight excluding hydrogens is 406 g/mol. The Morgan fingerprint density at radius 3 is 2.07 bits per heavy atom. The summed E-state index contributed by atoms with van der Waals surface area (Å²) in [5.41, 5.74) is 9.15. The number of ether oxygens (including phenoxy) is 1. The van der Waals surface area contributed by atoms with Gasteiger partial charge in [-0.1, -0.05) is 12.1 Å². The topological polar surface area (TPSA) is 85.3 Å². The predicted molar refractivity (Wildman–Crippen MR) is 128 cm³/mol. The number of hydrogen-bond acceptors (Lipinski definition) is 6. The second-order valence-electron chi connectivity index (χ2n) is 6.25. The Morgan fingerprint density at radius 2 is 1.52 bits per heavy atom. The molecule has 1 aromatic carbocycles. The fourth-order valence-corrected chi connectivity index (χ4v) is 3.08. The molecule has 10 heteroatoms. The number of benzene rings is 1. The number of hydrazone groups is 2. The van der Waals surface area contributed by atoms with Crippen molar-refractivity contribution < 1.29 is 4.74 Å². The lowest BCUT2D eigenvalue weighted by Crippen LogP contribution is -2.36. The van der Waals surface area contributed by atoms with Crippen LogP contribution in [-0.2, 0) is 4.74 Å². The van der Waals surface area contributed by atoms with Crippen molar-refractivity contribution in [1.82, 2.24) is 21.5 Å². The molecule has 1 heterocycles. The van der Waals surface area contributed by atoms with E-state index in [1.54, 1.807) is 0 Å². The van der Waals surface area contributed by atoms with Gasteiger partial charge in [-0.25, -0.2) is 0 Å². The highest BCUT2D eigenvalue weighted by Crippen LogP contribution is 2.17. The van der Waals surface area contributed by atoms with Gasteiger partial charge >= 0.3 is 0 Å². The molecule has 0 aliphatic carbocycles. The van der Waals surface area contributed by atoms with Crippen LogP contribution >= 0.6 is 24.4 Å². The summed E-state index contributed by atoms with van der Waals surface area (Å²) in [5, 5.41) is 15.8. The summed E-state index contributed by atoms with van der Waals surface area (Å²) in [6, 6.07) is 8.23. The number of thiocarbonyl (C=S) groups is 2. The average molecular weight is 436 g/mol. The van der Waals surface area contributed by atoms with E-state index in [1.165, 1.54) is 0 Å². The largest absolute Gasteiger partial charge is 0.378 e. The second kappa shape index (κ2) is 12.3. The lowest BCUT2D eigenvalue weighted by molar-refractivity contribution is 0.122. The zero-order valence-corrected chi connectivity index (χ0v) is 18.8. The van der Waals surface area contributed by atoms with E-state index in [0.29, 0.717) is 21.6 Å². The Labute approximate surface area is 183 Å². The molecule has 1 aromatic rings. The molecule has 2 rings (SSSR count). The van der Waals surface area contributed by atoms with E-state index in [0.717, 1.165) is 50.6 Å². The highest BCUT2D eigenvalue weighted by atomic mass is 32.1. The molecule has 0 radical (unpaired) electrons. The third-order valence-corrected chi connectivity index (χ3v) is 4.60. The van der Waals surface area contributed by atoms with Crippen molar-refractivity contribution in [1.29, 1.82) is 0 Å². The van der Waals surface area contributed by atoms with Crippen molar-refractivity contribution in [3.05, 3.63) is 29.8 Å². The van der Waals surface area contributed by atoms with Crippen LogP contribution in [-0.4, -0.2) is 61.0 Å². The molecule has 29 heavy (non-hydrogen) atoms. The van der Waals surface area contributed by atoms with Crippen LogP contribution in [0.2, 0.25) is 0 Å². The van der Waals surface area contributed by atoms with E-state index >= 15 is 0 Å².